The second-order valence-corrected chi connectivity index (χ2v) is 9.37. The van der Waals surface area contributed by atoms with E-state index in [1.165, 1.54) is 4.90 Å². The molecule has 0 saturated carbocycles. The molecule has 0 aliphatic rings. The number of aryl methyl sites for hydroxylation is 1. The van der Waals surface area contributed by atoms with E-state index >= 15 is 0 Å². The number of nitrogens with zero attached hydrogens (tertiary/aromatic N) is 3. The number of hydrogen-bond acceptors (Lipinski definition) is 6. The van der Waals surface area contributed by atoms with Gasteiger partial charge in [-0.05, 0) is 24.6 Å². The third-order valence-corrected chi connectivity index (χ3v) is 7.17. The second-order valence-electron chi connectivity index (χ2n) is 6.18. The first-order chi connectivity index (χ1) is 12.8. The van der Waals surface area contributed by atoms with Crippen LogP contribution in [0.4, 0.5) is 5.13 Å². The van der Waals surface area contributed by atoms with Gasteiger partial charge in [0.1, 0.15) is 4.21 Å². The number of likely N-dealkylation sites (N-methyl/N-ethyl adjacent to an activating group) is 1. The Bertz CT molecular complexity index is 1060. The van der Waals surface area contributed by atoms with Gasteiger partial charge < -0.3 is 0 Å². The average Bonchev–Trinajstić information content (AvgIpc) is 3.04. The van der Waals surface area contributed by atoms with Gasteiger partial charge >= 0.3 is 0 Å². The lowest BCUT2D eigenvalue weighted by molar-refractivity contribution is -0.117. The lowest BCUT2D eigenvalue weighted by Gasteiger charge is -2.13. The van der Waals surface area contributed by atoms with E-state index < -0.39 is 9.84 Å². The van der Waals surface area contributed by atoms with Crippen molar-refractivity contribution in [3.05, 3.63) is 59.9 Å². The Balaban J connectivity index is 1.73. The van der Waals surface area contributed by atoms with E-state index in [0.717, 1.165) is 34.4 Å². The van der Waals surface area contributed by atoms with Crippen LogP contribution in [0, 0.1) is 6.92 Å². The molecule has 6 nitrogen and oxygen atoms in total. The number of hydrogen-bond donors (Lipinski definition) is 0. The van der Waals surface area contributed by atoms with Gasteiger partial charge in [-0.15, -0.1) is 0 Å². The van der Waals surface area contributed by atoms with Gasteiger partial charge in [-0.1, -0.05) is 41.7 Å². The highest BCUT2D eigenvalue weighted by atomic mass is 32.2. The van der Waals surface area contributed by atoms with Gasteiger partial charge in [0, 0.05) is 25.1 Å². The normalized spacial score (nSPS) is 11.4. The Morgan fingerprint density at radius 2 is 1.85 bits per heavy atom. The molecule has 0 saturated heterocycles. The fourth-order valence-corrected chi connectivity index (χ4v) is 4.77. The van der Waals surface area contributed by atoms with Crippen molar-refractivity contribution in [3.8, 4) is 11.3 Å². The van der Waals surface area contributed by atoms with Crippen LogP contribution in [0.5, 0.6) is 0 Å². The van der Waals surface area contributed by atoms with Crippen LogP contribution in [0.3, 0.4) is 0 Å². The Labute approximate surface area is 162 Å². The summed E-state index contributed by atoms with van der Waals surface area (Å²) in [6, 6.07) is 13.4. The first kappa shape index (κ1) is 19.2. The number of carbonyl (C=O) groups excluding carboxylic acids is 1. The van der Waals surface area contributed by atoms with Gasteiger partial charge in [0.2, 0.25) is 5.91 Å². The topological polar surface area (TPSA) is 80.2 Å². The number of aromatic nitrogens is 2. The number of thiazole rings is 1. The smallest absolute Gasteiger partial charge is 0.232 e. The quantitative estimate of drug-likeness (QED) is 0.656. The van der Waals surface area contributed by atoms with Crippen LogP contribution in [0.1, 0.15) is 11.3 Å². The van der Waals surface area contributed by atoms with Crippen LogP contribution in [-0.2, 0) is 21.1 Å². The molecule has 1 aromatic carbocycles. The van der Waals surface area contributed by atoms with E-state index in [1.807, 2.05) is 42.5 Å². The molecule has 0 radical (unpaired) electrons. The number of rotatable bonds is 5. The maximum absolute atomic E-state index is 12.6. The molecule has 27 heavy (non-hydrogen) atoms. The van der Waals surface area contributed by atoms with Crippen LogP contribution in [0.25, 0.3) is 11.3 Å². The summed E-state index contributed by atoms with van der Waals surface area (Å²) in [5, 5.41) is 0.378. The Morgan fingerprint density at radius 1 is 1.15 bits per heavy atom. The SMILES string of the molecule is Cc1nc(N(C)C(=O)Cc2ccc(-c3ccccn3)cc2)sc1S(C)(=O)=O. The molecule has 0 unspecified atom stereocenters. The first-order valence-corrected chi connectivity index (χ1v) is 10.9. The maximum Gasteiger partial charge on any atom is 0.232 e. The fourth-order valence-electron chi connectivity index (χ4n) is 2.58. The lowest BCUT2D eigenvalue weighted by Crippen LogP contribution is -2.27. The molecule has 140 valence electrons. The molecular formula is C19H19N3O3S2. The highest BCUT2D eigenvalue weighted by Crippen LogP contribution is 2.29. The molecule has 3 rings (SSSR count). The van der Waals surface area contributed by atoms with Crippen molar-refractivity contribution < 1.29 is 13.2 Å². The van der Waals surface area contributed by atoms with Gasteiger partial charge in [-0.3, -0.25) is 14.7 Å². The summed E-state index contributed by atoms with van der Waals surface area (Å²) >= 11 is 1.01. The predicted molar refractivity (Wildman–Crippen MR) is 107 cm³/mol. The van der Waals surface area contributed by atoms with E-state index in [0.29, 0.717) is 10.8 Å². The van der Waals surface area contributed by atoms with E-state index in [-0.39, 0.29) is 16.5 Å². The third-order valence-electron chi connectivity index (χ3n) is 4.01. The van der Waals surface area contributed by atoms with Crippen molar-refractivity contribution >= 4 is 32.2 Å². The van der Waals surface area contributed by atoms with Crippen LogP contribution in [0.2, 0.25) is 0 Å². The third kappa shape index (κ3) is 4.40. The van der Waals surface area contributed by atoms with E-state index in [4.69, 9.17) is 0 Å². The largest absolute Gasteiger partial charge is 0.291 e. The molecule has 0 atom stereocenters. The molecule has 0 fully saturated rings. The zero-order chi connectivity index (χ0) is 19.6. The summed E-state index contributed by atoms with van der Waals surface area (Å²) < 4.78 is 23.7. The molecule has 0 bridgehead atoms. The minimum absolute atomic E-state index is 0.158. The van der Waals surface area contributed by atoms with E-state index in [1.54, 1.807) is 20.2 Å². The Kier molecular flexibility index (Phi) is 5.38. The number of carbonyl (C=O) groups is 1. The molecule has 8 heteroatoms. The fraction of sp³-hybridized carbons (Fsp3) is 0.211. The van der Waals surface area contributed by atoms with E-state index in [2.05, 4.69) is 9.97 Å². The molecular weight excluding hydrogens is 382 g/mol. The van der Waals surface area contributed by atoms with Crippen molar-refractivity contribution in [2.45, 2.75) is 17.6 Å². The second kappa shape index (κ2) is 7.58. The standard InChI is InChI=1S/C19H19N3O3S2/c1-13-18(27(3,24)25)26-19(21-13)22(2)17(23)12-14-7-9-15(10-8-14)16-6-4-5-11-20-16/h4-11H,12H2,1-3H3. The van der Waals surface area contributed by atoms with Crippen LogP contribution in [-0.4, -0.2) is 37.6 Å². The lowest BCUT2D eigenvalue weighted by atomic mass is 10.1. The van der Waals surface area contributed by atoms with Crippen molar-refractivity contribution in [1.82, 2.24) is 9.97 Å². The Hall–Kier alpha value is -2.58. The summed E-state index contributed by atoms with van der Waals surface area (Å²) in [7, 11) is -1.74. The Morgan fingerprint density at radius 3 is 2.41 bits per heavy atom. The highest BCUT2D eigenvalue weighted by Gasteiger charge is 2.21. The molecule has 3 aromatic rings. The van der Waals surface area contributed by atoms with E-state index in [9.17, 15) is 13.2 Å². The summed E-state index contributed by atoms with van der Waals surface area (Å²) in [4.78, 5) is 22.5. The van der Waals surface area contributed by atoms with Crippen molar-refractivity contribution in [3.63, 3.8) is 0 Å². The number of benzene rings is 1. The van der Waals surface area contributed by atoms with Gasteiger partial charge in [-0.25, -0.2) is 13.4 Å². The molecule has 2 aromatic heterocycles. The molecule has 0 aliphatic carbocycles. The number of anilines is 1. The van der Waals surface area contributed by atoms with Crippen molar-refractivity contribution in [2.24, 2.45) is 0 Å². The monoisotopic (exact) mass is 401 g/mol. The maximum atomic E-state index is 12.6. The average molecular weight is 402 g/mol. The minimum atomic E-state index is -3.35. The molecule has 0 aliphatic heterocycles. The predicted octanol–water partition coefficient (Wildman–Crippen LogP) is 3.12. The highest BCUT2D eigenvalue weighted by molar-refractivity contribution is 7.92. The number of pyridine rings is 1. The van der Waals surface area contributed by atoms with Crippen LogP contribution < -0.4 is 4.90 Å². The summed E-state index contributed by atoms with van der Waals surface area (Å²) in [6.07, 6.45) is 3.08. The molecule has 0 N–H and O–H groups in total. The van der Waals surface area contributed by atoms with Crippen molar-refractivity contribution in [2.75, 3.05) is 18.2 Å². The number of amides is 1. The van der Waals surface area contributed by atoms with Gasteiger partial charge in [-0.2, -0.15) is 0 Å². The zero-order valence-electron chi connectivity index (χ0n) is 15.2. The molecule has 2 heterocycles. The van der Waals surface area contributed by atoms with Crippen LogP contribution in [0.15, 0.2) is 52.9 Å². The zero-order valence-corrected chi connectivity index (χ0v) is 16.8. The molecule has 1 amide bonds. The number of sulfone groups is 1. The van der Waals surface area contributed by atoms with Gasteiger partial charge in [0.05, 0.1) is 17.8 Å². The summed E-state index contributed by atoms with van der Waals surface area (Å²) in [5.74, 6) is -0.158. The summed E-state index contributed by atoms with van der Waals surface area (Å²) in [6.45, 7) is 1.63. The van der Waals surface area contributed by atoms with Crippen molar-refractivity contribution in [1.29, 1.82) is 0 Å². The van der Waals surface area contributed by atoms with Gasteiger partial charge in [0.15, 0.2) is 15.0 Å². The first-order valence-electron chi connectivity index (χ1n) is 8.20. The molecule has 0 spiro atoms. The summed E-state index contributed by atoms with van der Waals surface area (Å²) in [5.41, 5.74) is 3.13. The minimum Gasteiger partial charge on any atom is -0.291 e. The van der Waals surface area contributed by atoms with Gasteiger partial charge in [0.25, 0.3) is 0 Å². The van der Waals surface area contributed by atoms with Crippen LogP contribution >= 0.6 is 11.3 Å².